The minimum Gasteiger partial charge on any atom is -0.356 e. The quantitative estimate of drug-likeness (QED) is 0.493. The highest BCUT2D eigenvalue weighted by molar-refractivity contribution is 6.36. The molecule has 4 nitrogen and oxygen atoms in total. The van der Waals surface area contributed by atoms with Crippen molar-refractivity contribution in [3.63, 3.8) is 0 Å². The molecule has 0 atom stereocenters. The van der Waals surface area contributed by atoms with Gasteiger partial charge in [-0.15, -0.1) is 0 Å². The number of fused-ring (bicyclic) bond motifs is 1. The molecule has 0 aliphatic heterocycles. The number of nitrogens with zero attached hydrogens (tertiary/aromatic N) is 4. The Morgan fingerprint density at radius 1 is 1.22 bits per heavy atom. The molecule has 0 amide bonds. The van der Waals surface area contributed by atoms with E-state index in [0.29, 0.717) is 10.0 Å². The minimum absolute atomic E-state index is 0.592. The lowest BCUT2D eigenvalue weighted by Crippen LogP contribution is -2.28. The monoisotopic (exact) mass is 402 g/mol. The van der Waals surface area contributed by atoms with E-state index in [1.807, 2.05) is 24.5 Å². The summed E-state index contributed by atoms with van der Waals surface area (Å²) in [5.74, 6) is 2.02. The first-order valence-electron chi connectivity index (χ1n) is 9.68. The van der Waals surface area contributed by atoms with Crippen LogP contribution in [0.15, 0.2) is 30.6 Å². The second-order valence-corrected chi connectivity index (χ2v) is 8.06. The average Bonchev–Trinajstić information content (AvgIpc) is 3.38. The van der Waals surface area contributed by atoms with Crippen LogP contribution < -0.4 is 4.90 Å². The van der Waals surface area contributed by atoms with Crippen LogP contribution in [-0.2, 0) is 6.42 Å². The number of hydrogen-bond donors (Lipinski definition) is 0. The van der Waals surface area contributed by atoms with Crippen molar-refractivity contribution < 1.29 is 0 Å². The molecule has 2 heterocycles. The number of benzene rings is 1. The first kappa shape index (κ1) is 18.6. The maximum atomic E-state index is 6.46. The van der Waals surface area contributed by atoms with Crippen LogP contribution in [0.1, 0.15) is 38.8 Å². The van der Waals surface area contributed by atoms with E-state index in [2.05, 4.69) is 28.1 Å². The molecule has 142 valence electrons. The van der Waals surface area contributed by atoms with Crippen molar-refractivity contribution in [2.24, 2.45) is 5.92 Å². The topological polar surface area (TPSA) is 33.4 Å². The van der Waals surface area contributed by atoms with Crippen molar-refractivity contribution in [3.8, 4) is 11.3 Å². The predicted octanol–water partition coefficient (Wildman–Crippen LogP) is 5.89. The van der Waals surface area contributed by atoms with E-state index in [9.17, 15) is 0 Å². The summed E-state index contributed by atoms with van der Waals surface area (Å²) < 4.78 is 2.18. The van der Waals surface area contributed by atoms with E-state index in [1.54, 1.807) is 6.07 Å². The highest BCUT2D eigenvalue weighted by atomic mass is 35.5. The number of aromatic nitrogens is 3. The van der Waals surface area contributed by atoms with Gasteiger partial charge in [-0.1, -0.05) is 37.0 Å². The Morgan fingerprint density at radius 3 is 2.70 bits per heavy atom. The van der Waals surface area contributed by atoms with Crippen molar-refractivity contribution in [2.45, 2.75) is 39.5 Å². The zero-order chi connectivity index (χ0) is 19.0. The van der Waals surface area contributed by atoms with Crippen LogP contribution in [0.2, 0.25) is 10.0 Å². The van der Waals surface area contributed by atoms with Gasteiger partial charge in [-0.3, -0.25) is 9.38 Å². The maximum Gasteiger partial charge on any atom is 0.165 e. The molecule has 0 N–H and O–H groups in total. The molecule has 0 radical (unpaired) electrons. The Labute approximate surface area is 170 Å². The lowest BCUT2D eigenvalue weighted by molar-refractivity contribution is 0.692. The molecule has 6 heteroatoms. The molecule has 0 bridgehead atoms. The molecule has 1 aliphatic rings. The van der Waals surface area contributed by atoms with Crippen LogP contribution in [0.4, 0.5) is 5.82 Å². The summed E-state index contributed by atoms with van der Waals surface area (Å²) in [4.78, 5) is 12.1. The largest absolute Gasteiger partial charge is 0.356 e. The van der Waals surface area contributed by atoms with E-state index < -0.39 is 0 Å². The fourth-order valence-corrected chi connectivity index (χ4v) is 4.12. The van der Waals surface area contributed by atoms with Gasteiger partial charge in [0.25, 0.3) is 0 Å². The van der Waals surface area contributed by atoms with E-state index in [0.717, 1.165) is 54.4 Å². The first-order chi connectivity index (χ1) is 13.1. The van der Waals surface area contributed by atoms with Crippen LogP contribution in [0.5, 0.6) is 0 Å². The summed E-state index contributed by atoms with van der Waals surface area (Å²) in [7, 11) is 0. The summed E-state index contributed by atoms with van der Waals surface area (Å²) in [5, 5.41) is 1.21. The van der Waals surface area contributed by atoms with Gasteiger partial charge in [0.2, 0.25) is 0 Å². The second kappa shape index (κ2) is 7.69. The van der Waals surface area contributed by atoms with Gasteiger partial charge in [0.05, 0.1) is 10.7 Å². The molecule has 0 unspecified atom stereocenters. The second-order valence-electron chi connectivity index (χ2n) is 7.22. The normalized spacial score (nSPS) is 14.1. The van der Waals surface area contributed by atoms with Gasteiger partial charge in [0, 0.05) is 36.1 Å². The molecular formula is C21H24Cl2N4. The van der Waals surface area contributed by atoms with Gasteiger partial charge in [-0.05, 0) is 49.8 Å². The first-order valence-corrected chi connectivity index (χ1v) is 10.4. The molecule has 1 aromatic carbocycles. The van der Waals surface area contributed by atoms with Gasteiger partial charge in [-0.2, -0.15) is 0 Å². The molecule has 2 aromatic heterocycles. The van der Waals surface area contributed by atoms with Crippen LogP contribution in [0.3, 0.4) is 0 Å². The Morgan fingerprint density at radius 2 is 2.04 bits per heavy atom. The van der Waals surface area contributed by atoms with Gasteiger partial charge >= 0.3 is 0 Å². The Bertz CT molecular complexity index is 962. The number of anilines is 1. The van der Waals surface area contributed by atoms with Crippen LogP contribution in [-0.4, -0.2) is 27.5 Å². The van der Waals surface area contributed by atoms with E-state index >= 15 is 0 Å². The Kier molecular flexibility index (Phi) is 5.29. The zero-order valence-electron chi connectivity index (χ0n) is 15.8. The third-order valence-electron chi connectivity index (χ3n) is 5.08. The lowest BCUT2D eigenvalue weighted by Gasteiger charge is -2.24. The van der Waals surface area contributed by atoms with Gasteiger partial charge in [0.1, 0.15) is 11.5 Å². The zero-order valence-corrected chi connectivity index (χ0v) is 17.3. The summed E-state index contributed by atoms with van der Waals surface area (Å²) in [6.07, 6.45) is 8.52. The molecule has 0 saturated heterocycles. The summed E-state index contributed by atoms with van der Waals surface area (Å²) >= 11 is 12.5. The van der Waals surface area contributed by atoms with E-state index in [1.165, 1.54) is 18.7 Å². The third-order valence-corrected chi connectivity index (χ3v) is 5.62. The van der Waals surface area contributed by atoms with Gasteiger partial charge in [-0.25, -0.2) is 4.98 Å². The summed E-state index contributed by atoms with van der Waals surface area (Å²) in [5.41, 5.74) is 3.62. The summed E-state index contributed by atoms with van der Waals surface area (Å²) in [6, 6.07) is 5.51. The molecule has 0 spiro atoms. The van der Waals surface area contributed by atoms with Crippen molar-refractivity contribution in [3.05, 3.63) is 46.3 Å². The molecule has 1 fully saturated rings. The molecule has 4 rings (SSSR count). The van der Waals surface area contributed by atoms with Gasteiger partial charge < -0.3 is 4.90 Å². The number of hydrogen-bond acceptors (Lipinski definition) is 3. The standard InChI is InChI=1S/C21H24Cl2N4/c1-3-10-26(13-14-5-6-14)21-18(4-2)25-20-19(24-9-11-27(20)21)16-8-7-15(22)12-17(16)23/h7-9,11-12,14H,3-6,10,13H2,1-2H3. The van der Waals surface area contributed by atoms with E-state index in [4.69, 9.17) is 28.2 Å². The molecule has 27 heavy (non-hydrogen) atoms. The summed E-state index contributed by atoms with van der Waals surface area (Å²) in [6.45, 7) is 6.54. The van der Waals surface area contributed by atoms with E-state index in [-0.39, 0.29) is 0 Å². The smallest absolute Gasteiger partial charge is 0.165 e. The number of rotatable bonds is 7. The number of halogens is 2. The fourth-order valence-electron chi connectivity index (χ4n) is 3.62. The minimum atomic E-state index is 0.592. The molecule has 1 aliphatic carbocycles. The lowest BCUT2D eigenvalue weighted by atomic mass is 10.1. The van der Waals surface area contributed by atoms with Crippen LogP contribution in [0, 0.1) is 5.92 Å². The fraction of sp³-hybridized carbons (Fsp3) is 0.429. The SMILES string of the molecule is CCCN(CC1CC1)c1c(CC)nc2c(-c3ccc(Cl)cc3Cl)nccn12. The average molecular weight is 403 g/mol. The van der Waals surface area contributed by atoms with Crippen molar-refractivity contribution >= 4 is 34.7 Å². The van der Waals surface area contributed by atoms with Gasteiger partial charge in [0.15, 0.2) is 5.65 Å². The number of aryl methyl sites for hydroxylation is 1. The number of imidazole rings is 1. The molecular weight excluding hydrogens is 379 g/mol. The Balaban J connectivity index is 1.88. The Hall–Kier alpha value is -1.78. The maximum absolute atomic E-state index is 6.46. The van der Waals surface area contributed by atoms with Crippen molar-refractivity contribution in [1.82, 2.24) is 14.4 Å². The highest BCUT2D eigenvalue weighted by Gasteiger charge is 2.27. The van der Waals surface area contributed by atoms with Crippen LogP contribution >= 0.6 is 23.2 Å². The van der Waals surface area contributed by atoms with Crippen molar-refractivity contribution in [2.75, 3.05) is 18.0 Å². The highest BCUT2D eigenvalue weighted by Crippen LogP contribution is 2.36. The predicted molar refractivity (Wildman–Crippen MR) is 113 cm³/mol. The van der Waals surface area contributed by atoms with Crippen LogP contribution in [0.25, 0.3) is 16.9 Å². The molecule has 3 aromatic rings. The molecule has 1 saturated carbocycles. The third kappa shape index (κ3) is 3.65. The van der Waals surface area contributed by atoms with Crippen molar-refractivity contribution in [1.29, 1.82) is 0 Å².